The molecule has 0 aliphatic rings. The Morgan fingerprint density at radius 1 is 1.42 bits per heavy atom. The first-order chi connectivity index (χ1) is 11.5. The quantitative estimate of drug-likeness (QED) is 0.601. The molecule has 0 unspecified atom stereocenters. The fourth-order valence-electron chi connectivity index (χ4n) is 2.23. The van der Waals surface area contributed by atoms with E-state index in [0.717, 1.165) is 15.6 Å². The Balaban J connectivity index is 2.47. The molecule has 122 valence electrons. The highest BCUT2D eigenvalue weighted by atomic mass is 79.9. The summed E-state index contributed by atoms with van der Waals surface area (Å²) >= 11 is 9.74. The van der Waals surface area contributed by atoms with Crippen LogP contribution in [0.2, 0.25) is 5.02 Å². The van der Waals surface area contributed by atoms with E-state index in [0.29, 0.717) is 22.8 Å². The number of nitriles is 1. The number of carbonyl (C=O) groups excluding carboxylic acids is 1. The largest absolute Gasteiger partial charge is 0.496 e. The number of hydrogen-bond acceptors (Lipinski definition) is 3. The number of nitrogens with zero attached hydrogens (tertiary/aromatic N) is 1. The standard InChI is InChI=1S/C18H14BrClN2O2/c1-24-17-8-11(6-13(10-21)18(22)23)7-15(19)14(17)9-12-4-2-3-5-16(12)20/h2-8H,9H2,1H3,(H2,22,23)/b13-6+. The van der Waals surface area contributed by atoms with Gasteiger partial charge in [-0.2, -0.15) is 5.26 Å². The number of rotatable bonds is 5. The van der Waals surface area contributed by atoms with E-state index >= 15 is 0 Å². The van der Waals surface area contributed by atoms with Gasteiger partial charge in [0.2, 0.25) is 0 Å². The highest BCUT2D eigenvalue weighted by molar-refractivity contribution is 9.10. The average molecular weight is 406 g/mol. The summed E-state index contributed by atoms with van der Waals surface area (Å²) in [6.45, 7) is 0. The number of ether oxygens (including phenoxy) is 1. The van der Waals surface area contributed by atoms with E-state index in [1.165, 1.54) is 6.08 Å². The summed E-state index contributed by atoms with van der Waals surface area (Å²) in [6.07, 6.45) is 2.00. The Hall–Kier alpha value is -2.29. The van der Waals surface area contributed by atoms with Gasteiger partial charge in [0.05, 0.1) is 7.11 Å². The van der Waals surface area contributed by atoms with Crippen LogP contribution in [-0.2, 0) is 11.2 Å². The van der Waals surface area contributed by atoms with Gasteiger partial charge in [0.15, 0.2) is 0 Å². The van der Waals surface area contributed by atoms with E-state index in [1.807, 2.05) is 24.3 Å². The molecule has 24 heavy (non-hydrogen) atoms. The number of amides is 1. The number of hydrogen-bond donors (Lipinski definition) is 1. The van der Waals surface area contributed by atoms with E-state index in [2.05, 4.69) is 15.9 Å². The third-order valence-corrected chi connectivity index (χ3v) is 4.50. The molecule has 0 heterocycles. The molecule has 2 N–H and O–H groups in total. The van der Waals surface area contributed by atoms with Gasteiger partial charge >= 0.3 is 0 Å². The minimum absolute atomic E-state index is 0.122. The molecule has 4 nitrogen and oxygen atoms in total. The molecule has 6 heteroatoms. The molecule has 2 aromatic rings. The summed E-state index contributed by atoms with van der Waals surface area (Å²) in [7, 11) is 1.56. The van der Waals surface area contributed by atoms with Gasteiger partial charge in [0.1, 0.15) is 17.4 Å². The number of benzene rings is 2. The molecule has 0 fully saturated rings. The maximum absolute atomic E-state index is 11.2. The Kier molecular flexibility index (Phi) is 6.02. The van der Waals surface area contributed by atoms with Crippen LogP contribution in [0.25, 0.3) is 6.08 Å². The lowest BCUT2D eigenvalue weighted by atomic mass is 10.0. The third kappa shape index (κ3) is 4.16. The van der Waals surface area contributed by atoms with Crippen molar-refractivity contribution in [2.24, 2.45) is 5.73 Å². The lowest BCUT2D eigenvalue weighted by Gasteiger charge is -2.13. The molecular formula is C18H14BrClN2O2. The minimum atomic E-state index is -0.771. The molecule has 0 spiro atoms. The Labute approximate surface area is 153 Å². The molecule has 0 saturated carbocycles. The average Bonchev–Trinajstić information content (AvgIpc) is 2.56. The monoisotopic (exact) mass is 404 g/mol. The van der Waals surface area contributed by atoms with E-state index in [-0.39, 0.29) is 5.57 Å². The van der Waals surface area contributed by atoms with E-state index < -0.39 is 5.91 Å². The first-order valence-corrected chi connectivity index (χ1v) is 8.14. The number of halogens is 2. The van der Waals surface area contributed by atoms with Crippen LogP contribution in [0.1, 0.15) is 16.7 Å². The molecule has 0 aromatic heterocycles. The normalized spacial score (nSPS) is 11.0. The molecule has 0 aliphatic heterocycles. The fourth-order valence-corrected chi connectivity index (χ4v) is 3.03. The van der Waals surface area contributed by atoms with Crippen molar-refractivity contribution in [2.45, 2.75) is 6.42 Å². The summed E-state index contributed by atoms with van der Waals surface area (Å²) in [5, 5.41) is 9.63. The second-order valence-corrected chi connectivity index (χ2v) is 6.25. The minimum Gasteiger partial charge on any atom is -0.496 e. The summed E-state index contributed by atoms with van der Waals surface area (Å²) in [4.78, 5) is 11.2. The number of nitrogens with two attached hydrogens (primary N) is 1. The lowest BCUT2D eigenvalue weighted by Crippen LogP contribution is -2.12. The third-order valence-electron chi connectivity index (χ3n) is 3.42. The van der Waals surface area contributed by atoms with Crippen molar-refractivity contribution in [2.75, 3.05) is 7.11 Å². The van der Waals surface area contributed by atoms with Crippen molar-refractivity contribution in [3.8, 4) is 11.8 Å². The molecular weight excluding hydrogens is 392 g/mol. The van der Waals surface area contributed by atoms with Crippen LogP contribution in [0.3, 0.4) is 0 Å². The molecule has 0 saturated heterocycles. The fraction of sp³-hybridized carbons (Fsp3) is 0.111. The molecule has 0 bridgehead atoms. The van der Waals surface area contributed by atoms with E-state index in [1.54, 1.807) is 25.3 Å². The Morgan fingerprint density at radius 2 is 2.12 bits per heavy atom. The van der Waals surface area contributed by atoms with Crippen molar-refractivity contribution in [3.63, 3.8) is 0 Å². The highest BCUT2D eigenvalue weighted by Crippen LogP contribution is 2.33. The van der Waals surface area contributed by atoms with Gasteiger partial charge in [0, 0.05) is 21.5 Å². The first kappa shape index (κ1) is 18.1. The second kappa shape index (κ2) is 8.00. The molecule has 0 aliphatic carbocycles. The van der Waals surface area contributed by atoms with Crippen LogP contribution in [0.15, 0.2) is 46.4 Å². The predicted molar refractivity (Wildman–Crippen MR) is 97.7 cm³/mol. The molecule has 2 aromatic carbocycles. The smallest absolute Gasteiger partial charge is 0.259 e. The summed E-state index contributed by atoms with van der Waals surface area (Å²) in [5.41, 5.74) is 7.56. The van der Waals surface area contributed by atoms with Crippen molar-refractivity contribution in [3.05, 3.63) is 68.2 Å². The van der Waals surface area contributed by atoms with Crippen LogP contribution in [-0.4, -0.2) is 13.0 Å². The highest BCUT2D eigenvalue weighted by Gasteiger charge is 2.13. The van der Waals surface area contributed by atoms with Gasteiger partial charge in [0.25, 0.3) is 5.91 Å². The van der Waals surface area contributed by atoms with Gasteiger partial charge in [-0.25, -0.2) is 0 Å². The van der Waals surface area contributed by atoms with E-state index in [4.69, 9.17) is 27.3 Å². The maximum Gasteiger partial charge on any atom is 0.259 e. The van der Waals surface area contributed by atoms with Gasteiger partial charge in [-0.05, 0) is 35.4 Å². The number of carbonyl (C=O) groups is 1. The SMILES string of the molecule is COc1cc(/C=C(\C#N)C(N)=O)cc(Br)c1Cc1ccccc1Cl. The van der Waals surface area contributed by atoms with Gasteiger partial charge in [-0.3, -0.25) is 4.79 Å². The Bertz CT molecular complexity index is 857. The van der Waals surface area contributed by atoms with Gasteiger partial charge in [-0.15, -0.1) is 0 Å². The van der Waals surface area contributed by atoms with Crippen LogP contribution < -0.4 is 10.5 Å². The summed E-state index contributed by atoms with van der Waals surface area (Å²) in [6, 6.07) is 12.9. The number of methoxy groups -OCH3 is 1. The van der Waals surface area contributed by atoms with Gasteiger partial charge < -0.3 is 10.5 Å². The van der Waals surface area contributed by atoms with Crippen molar-refractivity contribution in [1.82, 2.24) is 0 Å². The van der Waals surface area contributed by atoms with Crippen molar-refractivity contribution in [1.29, 1.82) is 5.26 Å². The van der Waals surface area contributed by atoms with Crippen molar-refractivity contribution < 1.29 is 9.53 Å². The zero-order valence-corrected chi connectivity index (χ0v) is 15.2. The van der Waals surface area contributed by atoms with Crippen LogP contribution in [0, 0.1) is 11.3 Å². The number of primary amides is 1. The van der Waals surface area contributed by atoms with Crippen molar-refractivity contribution >= 4 is 39.5 Å². The van der Waals surface area contributed by atoms with Crippen LogP contribution >= 0.6 is 27.5 Å². The molecule has 1 amide bonds. The molecule has 0 atom stereocenters. The lowest BCUT2D eigenvalue weighted by molar-refractivity contribution is -0.114. The second-order valence-electron chi connectivity index (χ2n) is 4.99. The van der Waals surface area contributed by atoms with Gasteiger partial charge in [-0.1, -0.05) is 45.7 Å². The van der Waals surface area contributed by atoms with Crippen LogP contribution in [0.5, 0.6) is 5.75 Å². The zero-order chi connectivity index (χ0) is 17.7. The predicted octanol–water partition coefficient (Wildman–Crippen LogP) is 4.09. The summed E-state index contributed by atoms with van der Waals surface area (Å²) in [5.74, 6) is -0.148. The van der Waals surface area contributed by atoms with Crippen LogP contribution in [0.4, 0.5) is 0 Å². The topological polar surface area (TPSA) is 76.1 Å². The Morgan fingerprint density at radius 3 is 2.71 bits per heavy atom. The summed E-state index contributed by atoms with van der Waals surface area (Å²) < 4.78 is 6.24. The van der Waals surface area contributed by atoms with E-state index in [9.17, 15) is 4.79 Å². The first-order valence-electron chi connectivity index (χ1n) is 6.97. The zero-order valence-electron chi connectivity index (χ0n) is 12.8. The maximum atomic E-state index is 11.2. The molecule has 0 radical (unpaired) electrons. The molecule has 2 rings (SSSR count).